The molecule has 4 N–H and O–H groups in total. The molecule has 0 saturated carbocycles. The van der Waals surface area contributed by atoms with Crippen LogP contribution in [0.2, 0.25) is 0 Å². The lowest BCUT2D eigenvalue weighted by atomic mass is 10.2. The number of rotatable bonds is 5. The fraction of sp³-hybridized carbons (Fsp3) is 0.333. The van der Waals surface area contributed by atoms with Crippen molar-refractivity contribution in [3.05, 3.63) is 28.3 Å². The lowest BCUT2D eigenvalue weighted by Crippen LogP contribution is -2.31. The summed E-state index contributed by atoms with van der Waals surface area (Å²) in [6.07, 6.45) is 0. The second-order valence-corrected chi connectivity index (χ2v) is 3.40. The van der Waals surface area contributed by atoms with Crippen LogP contribution in [-0.2, 0) is 0 Å². The van der Waals surface area contributed by atoms with E-state index in [1.54, 1.807) is 0 Å². The molecule has 0 aliphatic carbocycles. The van der Waals surface area contributed by atoms with Gasteiger partial charge in [0.15, 0.2) is 0 Å². The number of anilines is 2. The third-order valence-electron chi connectivity index (χ3n) is 2.01. The quantitative estimate of drug-likeness (QED) is 0.412. The van der Waals surface area contributed by atoms with Crippen molar-refractivity contribution >= 4 is 17.1 Å². The summed E-state index contributed by atoms with van der Waals surface area (Å²) in [7, 11) is 0. The lowest BCUT2D eigenvalue weighted by Gasteiger charge is -2.14. The Labute approximate surface area is 95.2 Å². The SMILES string of the molecule is Nc1cc(NCC(F)(F)CO)ccc1[N+](=O)[O-]. The van der Waals surface area contributed by atoms with E-state index in [2.05, 4.69) is 5.32 Å². The van der Waals surface area contributed by atoms with Gasteiger partial charge in [0.1, 0.15) is 12.3 Å². The van der Waals surface area contributed by atoms with E-state index >= 15 is 0 Å². The van der Waals surface area contributed by atoms with Crippen LogP contribution in [0.4, 0.5) is 25.8 Å². The molecular formula is C9H11F2N3O3. The zero-order chi connectivity index (χ0) is 13.1. The average Bonchev–Trinajstić information content (AvgIpc) is 2.26. The zero-order valence-corrected chi connectivity index (χ0v) is 8.69. The molecule has 1 aromatic carbocycles. The molecule has 0 aromatic heterocycles. The molecule has 0 spiro atoms. The second-order valence-electron chi connectivity index (χ2n) is 3.40. The van der Waals surface area contributed by atoms with Crippen molar-refractivity contribution in [2.24, 2.45) is 0 Å². The molecule has 0 bridgehead atoms. The van der Waals surface area contributed by atoms with E-state index in [-0.39, 0.29) is 17.1 Å². The summed E-state index contributed by atoms with van der Waals surface area (Å²) in [5, 5.41) is 21.1. The van der Waals surface area contributed by atoms with Gasteiger partial charge in [0, 0.05) is 11.8 Å². The molecule has 0 fully saturated rings. The number of hydrogen-bond acceptors (Lipinski definition) is 5. The van der Waals surface area contributed by atoms with E-state index < -0.39 is 24.0 Å². The highest BCUT2D eigenvalue weighted by Gasteiger charge is 2.27. The molecule has 1 rings (SSSR count). The third kappa shape index (κ3) is 3.52. The van der Waals surface area contributed by atoms with Gasteiger partial charge in [-0.1, -0.05) is 0 Å². The van der Waals surface area contributed by atoms with Crippen LogP contribution in [0.1, 0.15) is 0 Å². The summed E-state index contributed by atoms with van der Waals surface area (Å²) in [4.78, 5) is 9.78. The van der Waals surface area contributed by atoms with Crippen molar-refractivity contribution < 1.29 is 18.8 Å². The summed E-state index contributed by atoms with van der Waals surface area (Å²) in [5.41, 5.74) is 5.19. The van der Waals surface area contributed by atoms with Gasteiger partial charge in [-0.3, -0.25) is 10.1 Å². The normalized spacial score (nSPS) is 11.2. The van der Waals surface area contributed by atoms with Crippen molar-refractivity contribution in [2.45, 2.75) is 5.92 Å². The Hall–Kier alpha value is -1.96. The molecule has 6 nitrogen and oxygen atoms in total. The maximum atomic E-state index is 12.7. The van der Waals surface area contributed by atoms with Crippen LogP contribution in [0.3, 0.4) is 0 Å². The minimum absolute atomic E-state index is 0.118. The Kier molecular flexibility index (Phi) is 3.79. The van der Waals surface area contributed by atoms with Crippen LogP contribution in [0, 0.1) is 10.1 Å². The number of nitrogens with one attached hydrogen (secondary N) is 1. The topological polar surface area (TPSA) is 101 Å². The molecule has 8 heteroatoms. The molecule has 1 aromatic rings. The molecule has 0 amide bonds. The number of nitrogens with zero attached hydrogens (tertiary/aromatic N) is 1. The van der Waals surface area contributed by atoms with E-state index in [9.17, 15) is 18.9 Å². The highest BCUT2D eigenvalue weighted by atomic mass is 19.3. The van der Waals surface area contributed by atoms with Gasteiger partial charge >= 0.3 is 0 Å². The molecule has 0 saturated heterocycles. The molecular weight excluding hydrogens is 236 g/mol. The second kappa shape index (κ2) is 4.91. The van der Waals surface area contributed by atoms with Gasteiger partial charge in [0.2, 0.25) is 0 Å². The first-order valence-electron chi connectivity index (χ1n) is 4.62. The fourth-order valence-corrected chi connectivity index (χ4v) is 1.12. The molecule has 0 heterocycles. The van der Waals surface area contributed by atoms with Crippen molar-refractivity contribution in [3.63, 3.8) is 0 Å². The van der Waals surface area contributed by atoms with E-state index in [0.29, 0.717) is 0 Å². The number of nitrogen functional groups attached to an aromatic ring is 1. The van der Waals surface area contributed by atoms with Crippen LogP contribution in [-0.4, -0.2) is 29.1 Å². The predicted molar refractivity (Wildman–Crippen MR) is 58.0 cm³/mol. The first-order valence-corrected chi connectivity index (χ1v) is 4.62. The highest BCUT2D eigenvalue weighted by molar-refractivity contribution is 5.65. The molecule has 0 unspecified atom stereocenters. The minimum Gasteiger partial charge on any atom is -0.393 e. The Morgan fingerprint density at radius 3 is 2.65 bits per heavy atom. The van der Waals surface area contributed by atoms with Gasteiger partial charge < -0.3 is 16.2 Å². The maximum absolute atomic E-state index is 12.7. The predicted octanol–water partition coefficient (Wildman–Crippen LogP) is 1.22. The van der Waals surface area contributed by atoms with Crippen LogP contribution in [0.5, 0.6) is 0 Å². The summed E-state index contributed by atoms with van der Waals surface area (Å²) in [6, 6.07) is 3.57. The van der Waals surface area contributed by atoms with Crippen LogP contribution in [0.15, 0.2) is 18.2 Å². The number of nitro groups is 1. The monoisotopic (exact) mass is 247 g/mol. The van der Waals surface area contributed by atoms with Crippen molar-refractivity contribution in [1.29, 1.82) is 0 Å². The number of aliphatic hydroxyl groups excluding tert-OH is 1. The third-order valence-corrected chi connectivity index (χ3v) is 2.01. The van der Waals surface area contributed by atoms with Gasteiger partial charge in [-0.05, 0) is 12.1 Å². The minimum atomic E-state index is -3.25. The molecule has 94 valence electrons. The Morgan fingerprint density at radius 1 is 1.53 bits per heavy atom. The molecule has 0 radical (unpaired) electrons. The number of alkyl halides is 2. The summed E-state index contributed by atoms with van der Waals surface area (Å²) < 4.78 is 25.4. The number of nitrogens with two attached hydrogens (primary N) is 1. The smallest absolute Gasteiger partial charge is 0.292 e. The Balaban J connectivity index is 2.75. The van der Waals surface area contributed by atoms with Crippen LogP contribution in [0.25, 0.3) is 0 Å². The van der Waals surface area contributed by atoms with E-state index in [1.165, 1.54) is 12.1 Å². The number of hydrogen-bond donors (Lipinski definition) is 3. The van der Waals surface area contributed by atoms with Crippen molar-refractivity contribution in [1.82, 2.24) is 0 Å². The highest BCUT2D eigenvalue weighted by Crippen LogP contribution is 2.25. The summed E-state index contributed by atoms with van der Waals surface area (Å²) >= 11 is 0. The van der Waals surface area contributed by atoms with Gasteiger partial charge in [-0.2, -0.15) is 0 Å². The van der Waals surface area contributed by atoms with Crippen LogP contribution >= 0.6 is 0 Å². The Bertz CT molecular complexity index is 426. The molecule has 0 aliphatic rings. The first kappa shape index (κ1) is 13.1. The van der Waals surface area contributed by atoms with Gasteiger partial charge in [0.05, 0.1) is 11.5 Å². The molecule has 0 atom stereocenters. The molecule has 17 heavy (non-hydrogen) atoms. The molecule has 0 aliphatic heterocycles. The Morgan fingerprint density at radius 2 is 2.18 bits per heavy atom. The van der Waals surface area contributed by atoms with Gasteiger partial charge in [-0.25, -0.2) is 8.78 Å². The summed E-state index contributed by atoms with van der Waals surface area (Å²) in [5.74, 6) is -3.25. The summed E-state index contributed by atoms with van der Waals surface area (Å²) in [6.45, 7) is -2.05. The fourth-order valence-electron chi connectivity index (χ4n) is 1.12. The van der Waals surface area contributed by atoms with Crippen molar-refractivity contribution in [3.8, 4) is 0 Å². The zero-order valence-electron chi connectivity index (χ0n) is 8.69. The lowest BCUT2D eigenvalue weighted by molar-refractivity contribution is -0.383. The first-order chi connectivity index (χ1) is 7.85. The number of halogens is 2. The maximum Gasteiger partial charge on any atom is 0.292 e. The number of nitro benzene ring substituents is 1. The largest absolute Gasteiger partial charge is 0.393 e. The number of benzene rings is 1. The van der Waals surface area contributed by atoms with Gasteiger partial charge in [-0.15, -0.1) is 0 Å². The van der Waals surface area contributed by atoms with Crippen LogP contribution < -0.4 is 11.1 Å². The van der Waals surface area contributed by atoms with Crippen molar-refractivity contribution in [2.75, 3.05) is 24.2 Å². The number of aliphatic hydroxyl groups is 1. The van der Waals surface area contributed by atoms with E-state index in [4.69, 9.17) is 10.8 Å². The van der Waals surface area contributed by atoms with Gasteiger partial charge in [0.25, 0.3) is 11.6 Å². The van der Waals surface area contributed by atoms with E-state index in [1.807, 2.05) is 0 Å². The standard InChI is InChI=1S/C9H11F2N3O3/c10-9(11,5-15)4-13-6-1-2-8(14(16)17)7(12)3-6/h1-3,13,15H,4-5,12H2. The van der Waals surface area contributed by atoms with E-state index in [0.717, 1.165) is 6.07 Å². The average molecular weight is 247 g/mol.